The van der Waals surface area contributed by atoms with Gasteiger partial charge in [0.05, 0.1) is 4.92 Å². The molecule has 0 aliphatic rings. The molecule has 0 saturated carbocycles. The normalized spacial score (nSPS) is 12.1. The molecule has 104 valence electrons. The first-order valence-electron chi connectivity index (χ1n) is 6.02. The van der Waals surface area contributed by atoms with Gasteiger partial charge in [0, 0.05) is 17.6 Å². The molecule has 0 aliphatic heterocycles. The molecule has 1 amide bonds. The number of hydrogen-bond donors (Lipinski definition) is 1. The topological polar surface area (TPSA) is 108 Å². The Bertz CT molecular complexity index is 672. The number of pyridine rings is 1. The number of primary amides is 1. The van der Waals surface area contributed by atoms with Gasteiger partial charge >= 0.3 is 0 Å². The second-order valence-corrected chi connectivity index (χ2v) is 4.16. The summed E-state index contributed by atoms with van der Waals surface area (Å²) in [6.07, 6.45) is 1.10. The second kappa shape index (κ2) is 5.52. The molecule has 0 fully saturated rings. The summed E-state index contributed by atoms with van der Waals surface area (Å²) >= 11 is 0. The third-order valence-electron chi connectivity index (χ3n) is 2.86. The van der Waals surface area contributed by atoms with Gasteiger partial charge in [0.1, 0.15) is 5.75 Å². The minimum Gasteiger partial charge on any atom is -0.480 e. The van der Waals surface area contributed by atoms with E-state index in [9.17, 15) is 14.9 Å². The van der Waals surface area contributed by atoms with Gasteiger partial charge in [-0.3, -0.25) is 14.9 Å². The number of benzene rings is 1. The number of nitro groups is 1. The molecular weight excluding hydrogens is 262 g/mol. The molecule has 2 aromatic rings. The van der Waals surface area contributed by atoms with Gasteiger partial charge in [-0.1, -0.05) is 6.92 Å². The molecular formula is C13H13N3O4. The third-order valence-corrected chi connectivity index (χ3v) is 2.86. The van der Waals surface area contributed by atoms with E-state index in [-0.39, 0.29) is 11.2 Å². The Balaban J connectivity index is 2.53. The maximum atomic E-state index is 11.2. The quantitative estimate of drug-likeness (QED) is 0.661. The molecule has 7 nitrogen and oxygen atoms in total. The molecule has 0 saturated heterocycles. The number of rotatable bonds is 5. The molecule has 0 radical (unpaired) electrons. The lowest BCUT2D eigenvalue weighted by Crippen LogP contribution is -2.33. The van der Waals surface area contributed by atoms with E-state index in [4.69, 9.17) is 10.5 Å². The molecule has 0 spiro atoms. The number of amides is 1. The number of nitro benzene ring substituents is 1. The Labute approximate surface area is 114 Å². The Morgan fingerprint density at radius 1 is 1.50 bits per heavy atom. The molecule has 1 unspecified atom stereocenters. The first-order chi connectivity index (χ1) is 9.54. The van der Waals surface area contributed by atoms with Gasteiger partial charge in [-0.15, -0.1) is 0 Å². The lowest BCUT2D eigenvalue weighted by molar-refractivity contribution is -0.383. The van der Waals surface area contributed by atoms with Crippen LogP contribution >= 0.6 is 0 Å². The van der Waals surface area contributed by atoms with Gasteiger partial charge in [-0.25, -0.2) is 4.98 Å². The van der Waals surface area contributed by atoms with Crippen molar-refractivity contribution in [2.45, 2.75) is 19.4 Å². The molecule has 7 heteroatoms. The van der Waals surface area contributed by atoms with Crippen molar-refractivity contribution >= 4 is 22.5 Å². The number of ether oxygens (including phenoxy) is 1. The second-order valence-electron chi connectivity index (χ2n) is 4.16. The van der Waals surface area contributed by atoms with E-state index in [0.29, 0.717) is 17.6 Å². The van der Waals surface area contributed by atoms with Crippen molar-refractivity contribution in [3.63, 3.8) is 0 Å². The minimum atomic E-state index is -0.778. The van der Waals surface area contributed by atoms with Gasteiger partial charge in [0.15, 0.2) is 11.6 Å². The zero-order valence-corrected chi connectivity index (χ0v) is 10.8. The van der Waals surface area contributed by atoms with Gasteiger partial charge in [-0.05, 0) is 24.6 Å². The molecule has 2 N–H and O–H groups in total. The number of fused-ring (bicyclic) bond motifs is 1. The zero-order chi connectivity index (χ0) is 14.7. The monoisotopic (exact) mass is 275 g/mol. The van der Waals surface area contributed by atoms with Gasteiger partial charge in [0.2, 0.25) is 0 Å². The molecule has 0 aliphatic carbocycles. The molecule has 20 heavy (non-hydrogen) atoms. The smallest absolute Gasteiger partial charge is 0.295 e. The molecule has 1 heterocycles. The number of nitrogens with zero attached hydrogens (tertiary/aromatic N) is 2. The zero-order valence-electron chi connectivity index (χ0n) is 10.8. The first-order valence-corrected chi connectivity index (χ1v) is 6.02. The summed E-state index contributed by atoms with van der Waals surface area (Å²) in [5.41, 5.74) is 5.34. The number of aromatic nitrogens is 1. The third kappa shape index (κ3) is 2.51. The number of non-ortho nitro benzene ring substituents is 1. The van der Waals surface area contributed by atoms with E-state index in [0.717, 1.165) is 0 Å². The van der Waals surface area contributed by atoms with Crippen LogP contribution in [-0.4, -0.2) is 21.9 Å². The average Bonchev–Trinajstić information content (AvgIpc) is 2.43. The van der Waals surface area contributed by atoms with Gasteiger partial charge in [-0.2, -0.15) is 0 Å². The van der Waals surface area contributed by atoms with Crippen molar-refractivity contribution in [1.29, 1.82) is 0 Å². The maximum Gasteiger partial charge on any atom is 0.295 e. The highest BCUT2D eigenvalue weighted by Gasteiger charge is 2.20. The number of nitrogens with two attached hydrogens (primary N) is 1. The highest BCUT2D eigenvalue weighted by atomic mass is 16.6. The molecule has 0 bridgehead atoms. The SMILES string of the molecule is CCC(Oc1ccc([N+](=O)[O-])c2ncccc12)C(N)=O. The fourth-order valence-electron chi connectivity index (χ4n) is 1.88. The molecule has 1 aromatic heterocycles. The predicted molar refractivity (Wildman–Crippen MR) is 72.3 cm³/mol. The average molecular weight is 275 g/mol. The van der Waals surface area contributed by atoms with Crippen molar-refractivity contribution in [2.24, 2.45) is 5.73 Å². The van der Waals surface area contributed by atoms with Gasteiger partial charge < -0.3 is 10.5 Å². The van der Waals surface area contributed by atoms with Crippen molar-refractivity contribution in [2.75, 3.05) is 0 Å². The first kappa shape index (κ1) is 13.7. The Kier molecular flexibility index (Phi) is 3.79. The minimum absolute atomic E-state index is 0.111. The number of hydrogen-bond acceptors (Lipinski definition) is 5. The van der Waals surface area contributed by atoms with E-state index < -0.39 is 16.9 Å². The van der Waals surface area contributed by atoms with Crippen LogP contribution in [0.4, 0.5) is 5.69 Å². The van der Waals surface area contributed by atoms with Crippen molar-refractivity contribution in [3.8, 4) is 5.75 Å². The largest absolute Gasteiger partial charge is 0.480 e. The fourth-order valence-corrected chi connectivity index (χ4v) is 1.88. The number of carbonyl (C=O) groups is 1. The van der Waals surface area contributed by atoms with Crippen LogP contribution in [0.2, 0.25) is 0 Å². The Morgan fingerprint density at radius 3 is 2.85 bits per heavy atom. The standard InChI is InChI=1S/C13H13N3O4/c1-2-10(13(14)17)20-11-6-5-9(16(18)19)12-8(11)4-3-7-15-12/h3-7,10H,2H2,1H3,(H2,14,17). The summed E-state index contributed by atoms with van der Waals surface area (Å²) in [6, 6.07) is 6.05. The van der Waals surface area contributed by atoms with Crippen LogP contribution in [0.3, 0.4) is 0 Å². The summed E-state index contributed by atoms with van der Waals surface area (Å²) in [7, 11) is 0. The van der Waals surface area contributed by atoms with E-state index >= 15 is 0 Å². The molecule has 2 rings (SSSR count). The van der Waals surface area contributed by atoms with Crippen LogP contribution in [0, 0.1) is 10.1 Å². The predicted octanol–water partition coefficient (Wildman–Crippen LogP) is 1.79. The van der Waals surface area contributed by atoms with Crippen LogP contribution in [-0.2, 0) is 4.79 Å². The summed E-state index contributed by atoms with van der Waals surface area (Å²) < 4.78 is 5.54. The summed E-state index contributed by atoms with van der Waals surface area (Å²) in [4.78, 5) is 25.7. The van der Waals surface area contributed by atoms with Gasteiger partial charge in [0.25, 0.3) is 11.6 Å². The summed E-state index contributed by atoms with van der Waals surface area (Å²) in [6.45, 7) is 1.77. The van der Waals surface area contributed by atoms with Crippen LogP contribution in [0.5, 0.6) is 5.75 Å². The van der Waals surface area contributed by atoms with Crippen LogP contribution in [0.15, 0.2) is 30.5 Å². The fraction of sp³-hybridized carbons (Fsp3) is 0.231. The maximum absolute atomic E-state index is 11.2. The Hall–Kier alpha value is -2.70. The summed E-state index contributed by atoms with van der Waals surface area (Å²) in [5.74, 6) is -0.229. The lowest BCUT2D eigenvalue weighted by Gasteiger charge is -2.15. The summed E-state index contributed by atoms with van der Waals surface area (Å²) in [5, 5.41) is 11.4. The van der Waals surface area contributed by atoms with Crippen LogP contribution < -0.4 is 10.5 Å². The Morgan fingerprint density at radius 2 is 2.25 bits per heavy atom. The van der Waals surface area contributed by atoms with Crippen LogP contribution in [0.1, 0.15) is 13.3 Å². The van der Waals surface area contributed by atoms with Crippen molar-refractivity contribution < 1.29 is 14.5 Å². The molecule has 1 atom stereocenters. The van der Waals surface area contributed by atoms with E-state index in [2.05, 4.69) is 4.98 Å². The molecule has 1 aromatic carbocycles. The lowest BCUT2D eigenvalue weighted by atomic mass is 10.1. The van der Waals surface area contributed by atoms with E-state index in [1.54, 1.807) is 19.1 Å². The highest BCUT2D eigenvalue weighted by Crippen LogP contribution is 2.31. The van der Waals surface area contributed by atoms with Crippen molar-refractivity contribution in [3.05, 3.63) is 40.6 Å². The highest BCUT2D eigenvalue weighted by molar-refractivity contribution is 5.92. The van der Waals surface area contributed by atoms with Crippen molar-refractivity contribution in [1.82, 2.24) is 4.98 Å². The van der Waals surface area contributed by atoms with E-state index in [1.165, 1.54) is 18.3 Å². The number of carbonyl (C=O) groups excluding carboxylic acids is 1. The van der Waals surface area contributed by atoms with Crippen LogP contribution in [0.25, 0.3) is 10.9 Å². The van der Waals surface area contributed by atoms with E-state index in [1.807, 2.05) is 0 Å².